The van der Waals surface area contributed by atoms with Crippen molar-refractivity contribution in [2.75, 3.05) is 10.6 Å². The molecule has 144 valence electrons. The van der Waals surface area contributed by atoms with E-state index in [-0.39, 0.29) is 5.56 Å². The van der Waals surface area contributed by atoms with Gasteiger partial charge in [-0.25, -0.2) is 4.98 Å². The largest absolute Gasteiger partial charge is 0.367 e. The molecule has 0 radical (unpaired) electrons. The zero-order valence-electron chi connectivity index (χ0n) is 15.3. The molecule has 3 aromatic heterocycles. The molecule has 2 aliphatic rings. The fraction of sp³-hybridized carbons (Fsp3) is 0.421. The van der Waals surface area contributed by atoms with E-state index in [1.54, 1.807) is 18.5 Å². The predicted molar refractivity (Wildman–Crippen MR) is 103 cm³/mol. The van der Waals surface area contributed by atoms with Gasteiger partial charge in [0, 0.05) is 30.3 Å². The summed E-state index contributed by atoms with van der Waals surface area (Å²) in [5.74, 6) is 2.60. The highest BCUT2D eigenvalue weighted by atomic mass is 16.5. The summed E-state index contributed by atoms with van der Waals surface area (Å²) in [4.78, 5) is 20.7. The summed E-state index contributed by atoms with van der Waals surface area (Å²) in [6, 6.07) is 7.44. The molecule has 0 bridgehead atoms. The quantitative estimate of drug-likeness (QED) is 0.671. The summed E-state index contributed by atoms with van der Waals surface area (Å²) < 4.78 is 6.63. The van der Waals surface area contributed by atoms with Gasteiger partial charge in [0.25, 0.3) is 11.5 Å². The normalized spacial score (nSPS) is 21.6. The number of nitrogens with zero attached hydrogens (tertiary/aromatic N) is 5. The van der Waals surface area contributed by atoms with Crippen molar-refractivity contribution in [1.29, 1.82) is 0 Å². The Morgan fingerprint density at radius 1 is 1.07 bits per heavy atom. The highest BCUT2D eigenvalue weighted by Crippen LogP contribution is 2.39. The minimum atomic E-state index is -0.180. The number of anilines is 2. The second kappa shape index (κ2) is 7.06. The highest BCUT2D eigenvalue weighted by Gasteiger charge is 2.31. The van der Waals surface area contributed by atoms with Gasteiger partial charge < -0.3 is 15.2 Å². The zero-order valence-corrected chi connectivity index (χ0v) is 15.3. The number of pyridine rings is 1. The molecule has 3 heterocycles. The smallest absolute Gasteiger partial charge is 0.271 e. The van der Waals surface area contributed by atoms with Crippen molar-refractivity contribution in [3.63, 3.8) is 0 Å². The van der Waals surface area contributed by atoms with Crippen LogP contribution in [-0.2, 0) is 0 Å². The van der Waals surface area contributed by atoms with Crippen molar-refractivity contribution < 1.29 is 4.52 Å². The van der Waals surface area contributed by atoms with E-state index in [0.29, 0.717) is 29.6 Å². The Hall–Kier alpha value is -3.23. The van der Waals surface area contributed by atoms with Crippen LogP contribution < -0.4 is 16.2 Å². The van der Waals surface area contributed by atoms with E-state index < -0.39 is 0 Å². The summed E-state index contributed by atoms with van der Waals surface area (Å²) in [6.45, 7) is 0. The average Bonchev–Trinajstić information content (AvgIpc) is 3.31. The number of rotatable bonds is 6. The van der Waals surface area contributed by atoms with Crippen molar-refractivity contribution in [2.45, 2.75) is 50.1 Å². The molecular formula is C19H21N7O2. The molecule has 5 rings (SSSR count). The molecule has 0 aromatic carbocycles. The Labute approximate surface area is 161 Å². The first-order valence-corrected chi connectivity index (χ1v) is 9.62. The van der Waals surface area contributed by atoms with Crippen molar-refractivity contribution >= 4 is 11.8 Å². The summed E-state index contributed by atoms with van der Waals surface area (Å²) >= 11 is 0. The Morgan fingerprint density at radius 2 is 1.93 bits per heavy atom. The summed E-state index contributed by atoms with van der Waals surface area (Å²) in [5, 5.41) is 14.9. The van der Waals surface area contributed by atoms with E-state index in [2.05, 4.69) is 30.9 Å². The third-order valence-electron chi connectivity index (χ3n) is 5.19. The molecular weight excluding hydrogens is 358 g/mol. The SMILES string of the molecule is O=c1cccnn1-c1ccc(N[C@H]2CC[C@H](Nc3noc(C4CC4)n3)C2)nc1. The average molecular weight is 379 g/mol. The minimum absolute atomic E-state index is 0.180. The highest BCUT2D eigenvalue weighted by molar-refractivity contribution is 5.41. The van der Waals surface area contributed by atoms with Crippen molar-refractivity contribution in [2.24, 2.45) is 0 Å². The van der Waals surface area contributed by atoms with E-state index in [4.69, 9.17) is 4.52 Å². The molecule has 28 heavy (non-hydrogen) atoms. The van der Waals surface area contributed by atoms with Gasteiger partial charge in [-0.15, -0.1) is 0 Å². The van der Waals surface area contributed by atoms with Gasteiger partial charge in [0.15, 0.2) is 0 Å². The molecule has 0 saturated heterocycles. The Morgan fingerprint density at radius 3 is 2.68 bits per heavy atom. The topological polar surface area (TPSA) is 111 Å². The van der Waals surface area contributed by atoms with Crippen LogP contribution >= 0.6 is 0 Å². The fourth-order valence-corrected chi connectivity index (χ4v) is 3.57. The van der Waals surface area contributed by atoms with Crippen molar-refractivity contribution in [1.82, 2.24) is 24.9 Å². The van der Waals surface area contributed by atoms with Gasteiger partial charge in [-0.1, -0.05) is 0 Å². The van der Waals surface area contributed by atoms with Gasteiger partial charge in [0.2, 0.25) is 5.89 Å². The van der Waals surface area contributed by atoms with Gasteiger partial charge >= 0.3 is 0 Å². The van der Waals surface area contributed by atoms with Gasteiger partial charge in [0.1, 0.15) is 5.82 Å². The number of hydrogen-bond donors (Lipinski definition) is 2. The molecule has 0 aliphatic heterocycles. The Bertz CT molecular complexity index is 1010. The molecule has 9 nitrogen and oxygen atoms in total. The summed E-state index contributed by atoms with van der Waals surface area (Å²) in [6.07, 6.45) is 8.56. The van der Waals surface area contributed by atoms with Crippen LogP contribution in [0.3, 0.4) is 0 Å². The summed E-state index contributed by atoms with van der Waals surface area (Å²) in [7, 11) is 0. The molecule has 2 atom stereocenters. The molecule has 2 saturated carbocycles. The van der Waals surface area contributed by atoms with Crippen LogP contribution in [0, 0.1) is 0 Å². The monoisotopic (exact) mass is 379 g/mol. The molecule has 9 heteroatoms. The maximum atomic E-state index is 11.8. The van der Waals surface area contributed by atoms with Gasteiger partial charge in [-0.05, 0) is 55.5 Å². The van der Waals surface area contributed by atoms with Crippen LogP contribution in [0.4, 0.5) is 11.8 Å². The van der Waals surface area contributed by atoms with E-state index >= 15 is 0 Å². The molecule has 0 spiro atoms. The molecule has 2 N–H and O–H groups in total. The Kier molecular flexibility index (Phi) is 4.27. The van der Waals surface area contributed by atoms with Gasteiger partial charge in [-0.3, -0.25) is 4.79 Å². The van der Waals surface area contributed by atoms with Crippen LogP contribution in [0.1, 0.15) is 43.9 Å². The maximum absolute atomic E-state index is 11.8. The minimum Gasteiger partial charge on any atom is -0.367 e. The number of nitrogens with one attached hydrogen (secondary N) is 2. The third-order valence-corrected chi connectivity index (χ3v) is 5.19. The van der Waals surface area contributed by atoms with Crippen LogP contribution in [0.15, 0.2) is 46.0 Å². The van der Waals surface area contributed by atoms with E-state index in [1.807, 2.05) is 12.1 Å². The lowest BCUT2D eigenvalue weighted by Gasteiger charge is -2.14. The summed E-state index contributed by atoms with van der Waals surface area (Å²) in [5.41, 5.74) is 0.465. The number of hydrogen-bond acceptors (Lipinski definition) is 8. The van der Waals surface area contributed by atoms with Crippen molar-refractivity contribution in [3.05, 3.63) is 52.9 Å². The van der Waals surface area contributed by atoms with Crippen LogP contribution in [0.5, 0.6) is 0 Å². The third kappa shape index (κ3) is 3.60. The lowest BCUT2D eigenvalue weighted by Crippen LogP contribution is -2.22. The Balaban J connectivity index is 1.17. The second-order valence-corrected chi connectivity index (χ2v) is 7.40. The van der Waals surface area contributed by atoms with Gasteiger partial charge in [-0.2, -0.15) is 14.8 Å². The molecule has 0 amide bonds. The van der Waals surface area contributed by atoms with E-state index in [9.17, 15) is 4.79 Å². The zero-order chi connectivity index (χ0) is 18.9. The standard InChI is InChI=1S/C19H21N7O2/c27-17-2-1-9-21-26(17)15-7-8-16(20-11-15)22-13-5-6-14(10-13)23-19-24-18(28-25-19)12-3-4-12/h1-2,7-9,11-14H,3-6,10H2,(H,20,22)(H,23,25)/t13-,14-/m0/s1. The lowest BCUT2D eigenvalue weighted by atomic mass is 10.2. The first-order chi connectivity index (χ1) is 13.7. The van der Waals surface area contributed by atoms with Crippen LogP contribution in [0.2, 0.25) is 0 Å². The molecule has 0 unspecified atom stereocenters. The van der Waals surface area contributed by atoms with Gasteiger partial charge in [0.05, 0.1) is 11.9 Å². The molecule has 3 aromatic rings. The van der Waals surface area contributed by atoms with Crippen LogP contribution in [-0.4, -0.2) is 37.0 Å². The van der Waals surface area contributed by atoms with E-state index in [0.717, 1.165) is 43.8 Å². The first kappa shape index (κ1) is 16.9. The number of aromatic nitrogens is 5. The second-order valence-electron chi connectivity index (χ2n) is 7.40. The first-order valence-electron chi connectivity index (χ1n) is 9.62. The molecule has 2 fully saturated rings. The molecule has 2 aliphatic carbocycles. The predicted octanol–water partition coefficient (Wildman–Crippen LogP) is 2.33. The lowest BCUT2D eigenvalue weighted by molar-refractivity contribution is 0.379. The maximum Gasteiger partial charge on any atom is 0.271 e. The fourth-order valence-electron chi connectivity index (χ4n) is 3.57. The van der Waals surface area contributed by atoms with Crippen molar-refractivity contribution in [3.8, 4) is 5.69 Å². The van der Waals surface area contributed by atoms with Crippen LogP contribution in [0.25, 0.3) is 5.69 Å². The van der Waals surface area contributed by atoms with E-state index in [1.165, 1.54) is 10.7 Å².